The molecule has 0 rings (SSSR count). The Balaban J connectivity index is 0. The molecule has 0 saturated heterocycles. The normalized spacial score (nSPS) is 12.9. The van der Waals surface area contributed by atoms with Crippen LogP contribution in [0.25, 0.3) is 0 Å². The van der Waals surface area contributed by atoms with Gasteiger partial charge in [0, 0.05) is 0 Å². The van der Waals surface area contributed by atoms with Gasteiger partial charge in [0.25, 0.3) is 0 Å². The first-order valence-corrected chi connectivity index (χ1v) is 4.78. The van der Waals surface area contributed by atoms with E-state index in [1.54, 1.807) is 0 Å². The fourth-order valence-electron chi connectivity index (χ4n) is 0.591. The van der Waals surface area contributed by atoms with E-state index in [0.29, 0.717) is 0 Å². The Morgan fingerprint density at radius 3 is 2.23 bits per heavy atom. The van der Waals surface area contributed by atoms with Gasteiger partial charge in [-0.05, 0) is 0 Å². The first kappa shape index (κ1) is 16.0. The minimum atomic E-state index is -4.29. The number of carbonyl (C=O) groups excluding carboxylic acids is 1. The SMILES string of the molecule is O=CN(O)CC(O)CP(=O)(O)O.[NaH]. The Morgan fingerprint density at radius 1 is 1.46 bits per heavy atom. The molecule has 0 bridgehead atoms. The van der Waals surface area contributed by atoms with Gasteiger partial charge in [0.15, 0.2) is 0 Å². The summed E-state index contributed by atoms with van der Waals surface area (Å²) in [5, 5.41) is 17.4. The van der Waals surface area contributed by atoms with Gasteiger partial charge in [0.1, 0.15) is 0 Å². The van der Waals surface area contributed by atoms with Crippen molar-refractivity contribution >= 4 is 43.6 Å². The van der Waals surface area contributed by atoms with Gasteiger partial charge in [-0.15, -0.1) is 0 Å². The fraction of sp³-hybridized carbons (Fsp3) is 0.750. The number of hydroxylamine groups is 2. The second-order valence-electron chi connectivity index (χ2n) is 2.23. The molecular formula is C4H11NNaO6P. The molecule has 74 valence electrons. The van der Waals surface area contributed by atoms with Crippen LogP contribution in [0.15, 0.2) is 0 Å². The van der Waals surface area contributed by atoms with E-state index in [1.165, 1.54) is 0 Å². The summed E-state index contributed by atoms with van der Waals surface area (Å²) in [6, 6.07) is 0. The number of aliphatic hydroxyl groups is 1. The molecule has 1 unspecified atom stereocenters. The molecule has 0 aromatic heterocycles. The molecule has 0 fully saturated rings. The van der Waals surface area contributed by atoms with Crippen LogP contribution < -0.4 is 0 Å². The number of hydrogen-bond donors (Lipinski definition) is 4. The Hall–Kier alpha value is 0.540. The number of rotatable bonds is 5. The Morgan fingerprint density at radius 2 is 1.92 bits per heavy atom. The maximum absolute atomic E-state index is 10.3. The summed E-state index contributed by atoms with van der Waals surface area (Å²) in [6.45, 7) is -0.519. The topological polar surface area (TPSA) is 118 Å². The van der Waals surface area contributed by atoms with Crippen LogP contribution in [0.1, 0.15) is 0 Å². The van der Waals surface area contributed by atoms with Gasteiger partial charge < -0.3 is 14.9 Å². The van der Waals surface area contributed by atoms with Gasteiger partial charge in [0.2, 0.25) is 6.41 Å². The molecule has 0 heterocycles. The monoisotopic (exact) mass is 223 g/mol. The van der Waals surface area contributed by atoms with E-state index in [-0.39, 0.29) is 41.0 Å². The van der Waals surface area contributed by atoms with Gasteiger partial charge in [-0.25, -0.2) is 5.06 Å². The predicted molar refractivity (Wildman–Crippen MR) is 44.6 cm³/mol. The first-order chi connectivity index (χ1) is 5.35. The molecule has 1 amide bonds. The van der Waals surface area contributed by atoms with Crippen LogP contribution in [0.5, 0.6) is 0 Å². The van der Waals surface area contributed by atoms with Crippen LogP contribution in [-0.4, -0.2) is 79.9 Å². The van der Waals surface area contributed by atoms with Crippen molar-refractivity contribution in [2.24, 2.45) is 0 Å². The predicted octanol–water partition coefficient (Wildman–Crippen LogP) is -2.28. The third kappa shape index (κ3) is 10.5. The van der Waals surface area contributed by atoms with Gasteiger partial charge >= 0.3 is 37.2 Å². The van der Waals surface area contributed by atoms with Crippen molar-refractivity contribution in [1.29, 1.82) is 0 Å². The van der Waals surface area contributed by atoms with E-state index in [2.05, 4.69) is 0 Å². The molecule has 0 spiro atoms. The number of amides is 1. The van der Waals surface area contributed by atoms with Crippen molar-refractivity contribution in [2.75, 3.05) is 12.7 Å². The van der Waals surface area contributed by atoms with Crippen LogP contribution in [0.2, 0.25) is 0 Å². The molecule has 9 heteroatoms. The minimum absolute atomic E-state index is 0. The summed E-state index contributed by atoms with van der Waals surface area (Å²) in [5.41, 5.74) is 0. The Bertz CT molecular complexity index is 195. The molecule has 4 N–H and O–H groups in total. The third-order valence-corrected chi connectivity index (χ3v) is 1.87. The van der Waals surface area contributed by atoms with E-state index in [9.17, 15) is 9.36 Å². The zero-order chi connectivity index (χ0) is 9.78. The summed E-state index contributed by atoms with van der Waals surface area (Å²) in [5.74, 6) is 0. The molecule has 13 heavy (non-hydrogen) atoms. The van der Waals surface area contributed by atoms with Crippen LogP contribution in [-0.2, 0) is 9.36 Å². The quantitative estimate of drug-likeness (QED) is 0.137. The summed E-state index contributed by atoms with van der Waals surface area (Å²) in [7, 11) is -4.29. The number of carbonyl (C=O) groups is 1. The Labute approximate surface area is 96.8 Å². The Kier molecular flexibility index (Phi) is 8.50. The van der Waals surface area contributed by atoms with Crippen molar-refractivity contribution in [3.63, 3.8) is 0 Å². The average molecular weight is 223 g/mol. The standard InChI is InChI=1S/C4H10NO6P.Na.H/c6-3-5(8)1-4(7)2-12(9,10)11;;/h3-4,7-8H,1-2H2,(H2,9,10,11);;. The summed E-state index contributed by atoms with van der Waals surface area (Å²) in [6.07, 6.45) is -2.18. The van der Waals surface area contributed by atoms with Crippen molar-refractivity contribution in [2.45, 2.75) is 6.10 Å². The van der Waals surface area contributed by atoms with Gasteiger partial charge in [-0.1, -0.05) is 0 Å². The maximum atomic E-state index is 10.3. The molecule has 0 aliphatic heterocycles. The molecule has 0 aromatic rings. The molecule has 0 aromatic carbocycles. The molecule has 7 nitrogen and oxygen atoms in total. The van der Waals surface area contributed by atoms with Crippen LogP contribution in [0, 0.1) is 0 Å². The second kappa shape index (κ2) is 6.92. The number of aliphatic hydroxyl groups excluding tert-OH is 1. The first-order valence-electron chi connectivity index (χ1n) is 2.98. The molecule has 0 aliphatic rings. The third-order valence-electron chi connectivity index (χ3n) is 0.968. The fourth-order valence-corrected chi connectivity index (χ4v) is 1.26. The average Bonchev–Trinajstić information content (AvgIpc) is 1.82. The zero-order valence-corrected chi connectivity index (χ0v) is 6.96. The summed E-state index contributed by atoms with van der Waals surface area (Å²) < 4.78 is 10.3. The summed E-state index contributed by atoms with van der Waals surface area (Å²) in [4.78, 5) is 26.4. The second-order valence-corrected chi connectivity index (χ2v) is 3.92. The van der Waals surface area contributed by atoms with Crippen LogP contribution in [0.3, 0.4) is 0 Å². The zero-order valence-electron chi connectivity index (χ0n) is 6.07. The van der Waals surface area contributed by atoms with Crippen molar-refractivity contribution in [3.05, 3.63) is 0 Å². The van der Waals surface area contributed by atoms with Gasteiger partial charge in [0.05, 0.1) is 18.8 Å². The van der Waals surface area contributed by atoms with Gasteiger partial charge in [-0.2, -0.15) is 0 Å². The van der Waals surface area contributed by atoms with Gasteiger partial charge in [-0.3, -0.25) is 14.6 Å². The molecule has 1 atom stereocenters. The van der Waals surface area contributed by atoms with E-state index in [0.717, 1.165) is 0 Å². The number of nitrogens with zero attached hydrogens (tertiary/aromatic N) is 1. The van der Waals surface area contributed by atoms with Crippen molar-refractivity contribution in [3.8, 4) is 0 Å². The van der Waals surface area contributed by atoms with E-state index in [4.69, 9.17) is 20.1 Å². The molecular weight excluding hydrogens is 212 g/mol. The van der Waals surface area contributed by atoms with E-state index < -0.39 is 26.4 Å². The number of hydrogen-bond acceptors (Lipinski definition) is 4. The van der Waals surface area contributed by atoms with E-state index >= 15 is 0 Å². The molecule has 0 saturated carbocycles. The van der Waals surface area contributed by atoms with Crippen LogP contribution >= 0.6 is 7.60 Å². The molecule has 0 radical (unpaired) electrons. The van der Waals surface area contributed by atoms with Crippen molar-refractivity contribution < 1.29 is 29.5 Å². The molecule has 0 aliphatic carbocycles. The summed E-state index contributed by atoms with van der Waals surface area (Å²) >= 11 is 0. The van der Waals surface area contributed by atoms with E-state index in [1.807, 2.05) is 0 Å². The van der Waals surface area contributed by atoms with Crippen LogP contribution in [0.4, 0.5) is 0 Å². The van der Waals surface area contributed by atoms with Crippen molar-refractivity contribution in [1.82, 2.24) is 5.06 Å².